The number of aryl methyl sites for hydroxylation is 1. The molecule has 1 heterocycles. The summed E-state index contributed by atoms with van der Waals surface area (Å²) in [6.07, 6.45) is 0.687. The highest BCUT2D eigenvalue weighted by atomic mass is 32.2. The first-order valence-corrected chi connectivity index (χ1v) is 7.32. The topological polar surface area (TPSA) is 103 Å². The number of thioether (sulfide) groups is 1. The van der Waals surface area contributed by atoms with Gasteiger partial charge in [0.15, 0.2) is 5.16 Å². The van der Waals surface area contributed by atoms with Crippen LogP contribution < -0.4 is 11.1 Å². The minimum absolute atomic E-state index is 0.0355. The van der Waals surface area contributed by atoms with E-state index in [4.69, 9.17) is 5.73 Å². The van der Waals surface area contributed by atoms with Crippen molar-refractivity contribution in [2.24, 2.45) is 12.8 Å². The fraction of sp³-hybridized carbons (Fsp3) is 0.667. The predicted octanol–water partition coefficient (Wildman–Crippen LogP) is 0.238. The minimum Gasteiger partial charge on any atom is -0.370 e. The molecule has 0 aliphatic rings. The fourth-order valence-corrected chi connectivity index (χ4v) is 2.36. The van der Waals surface area contributed by atoms with E-state index in [1.807, 2.05) is 27.8 Å². The average molecular weight is 299 g/mol. The number of nitrogens with one attached hydrogen (secondary N) is 1. The number of hydrogen-bond acceptors (Lipinski definition) is 5. The molecule has 3 N–H and O–H groups in total. The zero-order valence-corrected chi connectivity index (χ0v) is 13.0. The summed E-state index contributed by atoms with van der Waals surface area (Å²) in [5.74, 6) is 0.279. The maximum absolute atomic E-state index is 11.8. The van der Waals surface area contributed by atoms with Crippen molar-refractivity contribution in [3.63, 3.8) is 0 Å². The Morgan fingerprint density at radius 2 is 2.00 bits per heavy atom. The van der Waals surface area contributed by atoms with Crippen molar-refractivity contribution in [1.82, 2.24) is 20.1 Å². The number of aromatic nitrogens is 3. The van der Waals surface area contributed by atoms with Gasteiger partial charge in [0.1, 0.15) is 5.82 Å². The maximum Gasteiger partial charge on any atom is 0.233 e. The van der Waals surface area contributed by atoms with Crippen LogP contribution in [0, 0.1) is 0 Å². The smallest absolute Gasteiger partial charge is 0.233 e. The SMILES string of the molecule is CC(C)NC(=O)[C@@H](C)Sc1nnc(CCC(N)=O)n1C. The van der Waals surface area contributed by atoms with E-state index in [2.05, 4.69) is 15.5 Å². The van der Waals surface area contributed by atoms with Gasteiger partial charge in [-0.25, -0.2) is 0 Å². The van der Waals surface area contributed by atoms with Crippen molar-refractivity contribution in [3.05, 3.63) is 5.82 Å². The Labute approximate surface area is 122 Å². The van der Waals surface area contributed by atoms with E-state index in [0.717, 1.165) is 0 Å². The van der Waals surface area contributed by atoms with Gasteiger partial charge in [0.05, 0.1) is 5.25 Å². The minimum atomic E-state index is -0.369. The molecular formula is C12H21N5O2S. The van der Waals surface area contributed by atoms with Crippen LogP contribution in [0.2, 0.25) is 0 Å². The molecule has 0 aliphatic heterocycles. The lowest BCUT2D eigenvalue weighted by Gasteiger charge is -2.13. The molecule has 20 heavy (non-hydrogen) atoms. The second-order valence-corrected chi connectivity index (χ2v) is 6.16. The third kappa shape index (κ3) is 4.84. The Balaban J connectivity index is 2.64. The maximum atomic E-state index is 11.8. The Morgan fingerprint density at radius 3 is 2.55 bits per heavy atom. The van der Waals surface area contributed by atoms with Gasteiger partial charge in [-0.15, -0.1) is 10.2 Å². The molecule has 0 saturated carbocycles. The van der Waals surface area contributed by atoms with Crippen molar-refractivity contribution in [2.45, 2.75) is 50.1 Å². The van der Waals surface area contributed by atoms with Crippen LogP contribution in [0.1, 0.15) is 33.0 Å². The summed E-state index contributed by atoms with van der Waals surface area (Å²) in [5, 5.41) is 11.3. The monoisotopic (exact) mass is 299 g/mol. The molecule has 0 bridgehead atoms. The third-order valence-electron chi connectivity index (χ3n) is 2.60. The van der Waals surface area contributed by atoms with E-state index >= 15 is 0 Å². The third-order valence-corrected chi connectivity index (χ3v) is 3.74. The molecule has 0 saturated heterocycles. The largest absolute Gasteiger partial charge is 0.370 e. The number of rotatable bonds is 7. The lowest BCUT2D eigenvalue weighted by Crippen LogP contribution is -2.36. The van der Waals surface area contributed by atoms with Crippen LogP contribution in [0.5, 0.6) is 0 Å². The zero-order valence-electron chi connectivity index (χ0n) is 12.2. The van der Waals surface area contributed by atoms with E-state index in [1.54, 1.807) is 4.57 Å². The first-order chi connectivity index (χ1) is 9.31. The van der Waals surface area contributed by atoms with Gasteiger partial charge in [0.25, 0.3) is 0 Å². The Bertz CT molecular complexity index is 486. The van der Waals surface area contributed by atoms with Crippen LogP contribution in [0.3, 0.4) is 0 Å². The zero-order chi connectivity index (χ0) is 15.3. The summed E-state index contributed by atoms with van der Waals surface area (Å²) in [6, 6.07) is 0.108. The van der Waals surface area contributed by atoms with Gasteiger partial charge in [-0.05, 0) is 20.8 Å². The van der Waals surface area contributed by atoms with Crippen molar-refractivity contribution >= 4 is 23.6 Å². The summed E-state index contributed by atoms with van der Waals surface area (Å²) >= 11 is 1.34. The lowest BCUT2D eigenvalue weighted by atomic mass is 10.3. The Morgan fingerprint density at radius 1 is 1.35 bits per heavy atom. The van der Waals surface area contributed by atoms with Crippen LogP contribution in [-0.2, 0) is 23.1 Å². The first kappa shape index (κ1) is 16.5. The highest BCUT2D eigenvalue weighted by Crippen LogP contribution is 2.21. The molecule has 1 rings (SSSR count). The Kier molecular flexibility index (Phi) is 6.00. The summed E-state index contributed by atoms with van der Waals surface area (Å²) < 4.78 is 1.78. The molecule has 0 spiro atoms. The molecule has 0 fully saturated rings. The highest BCUT2D eigenvalue weighted by Gasteiger charge is 2.19. The molecule has 1 atom stereocenters. The first-order valence-electron chi connectivity index (χ1n) is 6.44. The molecule has 8 heteroatoms. The average Bonchev–Trinajstić information content (AvgIpc) is 2.67. The molecule has 112 valence electrons. The lowest BCUT2D eigenvalue weighted by molar-refractivity contribution is -0.121. The molecule has 1 aromatic heterocycles. The molecule has 0 unspecified atom stereocenters. The molecule has 0 aromatic carbocycles. The van der Waals surface area contributed by atoms with E-state index < -0.39 is 0 Å². The normalized spacial score (nSPS) is 12.4. The van der Waals surface area contributed by atoms with E-state index in [9.17, 15) is 9.59 Å². The number of hydrogen-bond donors (Lipinski definition) is 2. The number of primary amides is 1. The summed E-state index contributed by atoms with van der Waals surface area (Å²) in [4.78, 5) is 22.6. The van der Waals surface area contributed by atoms with Gasteiger partial charge < -0.3 is 15.6 Å². The van der Waals surface area contributed by atoms with Gasteiger partial charge in [0.2, 0.25) is 11.8 Å². The summed E-state index contributed by atoms with van der Waals surface area (Å²) in [7, 11) is 1.81. The van der Waals surface area contributed by atoms with E-state index in [-0.39, 0.29) is 29.5 Å². The summed E-state index contributed by atoms with van der Waals surface area (Å²) in [6.45, 7) is 5.65. The van der Waals surface area contributed by atoms with Crippen LogP contribution >= 0.6 is 11.8 Å². The molecule has 1 aromatic rings. The molecule has 2 amide bonds. The van der Waals surface area contributed by atoms with Gasteiger partial charge in [-0.1, -0.05) is 11.8 Å². The van der Waals surface area contributed by atoms with Crippen molar-refractivity contribution < 1.29 is 9.59 Å². The second-order valence-electron chi connectivity index (χ2n) is 4.85. The van der Waals surface area contributed by atoms with Crippen LogP contribution in [-0.4, -0.2) is 37.9 Å². The van der Waals surface area contributed by atoms with Crippen molar-refractivity contribution in [3.8, 4) is 0 Å². The Hall–Kier alpha value is -1.57. The number of carbonyl (C=O) groups excluding carboxylic acids is 2. The van der Waals surface area contributed by atoms with Crippen LogP contribution in [0.4, 0.5) is 0 Å². The van der Waals surface area contributed by atoms with Crippen molar-refractivity contribution in [1.29, 1.82) is 0 Å². The highest BCUT2D eigenvalue weighted by molar-refractivity contribution is 8.00. The molecular weight excluding hydrogens is 278 g/mol. The van der Waals surface area contributed by atoms with Gasteiger partial charge >= 0.3 is 0 Å². The van der Waals surface area contributed by atoms with E-state index in [0.29, 0.717) is 17.4 Å². The molecule has 7 nitrogen and oxygen atoms in total. The molecule has 0 radical (unpaired) electrons. The number of nitrogens with zero attached hydrogens (tertiary/aromatic N) is 3. The predicted molar refractivity (Wildman–Crippen MR) is 77.1 cm³/mol. The van der Waals surface area contributed by atoms with Crippen molar-refractivity contribution in [2.75, 3.05) is 0 Å². The molecule has 0 aliphatic carbocycles. The number of carbonyl (C=O) groups is 2. The summed E-state index contributed by atoms with van der Waals surface area (Å²) in [5.41, 5.74) is 5.11. The quantitative estimate of drug-likeness (QED) is 0.702. The van der Waals surface area contributed by atoms with Gasteiger partial charge in [-0.2, -0.15) is 0 Å². The van der Waals surface area contributed by atoms with Gasteiger partial charge in [-0.3, -0.25) is 9.59 Å². The fourth-order valence-electron chi connectivity index (χ4n) is 1.51. The second kappa shape index (κ2) is 7.28. The van der Waals surface area contributed by atoms with Crippen LogP contribution in [0.25, 0.3) is 0 Å². The van der Waals surface area contributed by atoms with Crippen LogP contribution in [0.15, 0.2) is 5.16 Å². The van der Waals surface area contributed by atoms with Gasteiger partial charge in [0, 0.05) is 25.9 Å². The van der Waals surface area contributed by atoms with E-state index in [1.165, 1.54) is 11.8 Å². The standard InChI is InChI=1S/C12H21N5O2S/c1-7(2)14-11(19)8(3)20-12-16-15-10(17(12)4)6-5-9(13)18/h7-8H,5-6H2,1-4H3,(H2,13,18)(H,14,19)/t8-/m1/s1. The number of nitrogens with two attached hydrogens (primary N) is 1. The number of amides is 2.